The molecule has 4 aromatic rings. The van der Waals surface area contributed by atoms with Crippen LogP contribution in [-0.4, -0.2) is 29.6 Å². The Morgan fingerprint density at radius 1 is 0.963 bits per heavy atom. The van der Waals surface area contributed by atoms with Gasteiger partial charge in [-0.15, -0.1) is 15.3 Å². The first-order valence-corrected chi connectivity index (χ1v) is 9.02. The zero-order valence-electron chi connectivity index (χ0n) is 15.8. The Morgan fingerprint density at radius 2 is 1.78 bits per heavy atom. The van der Waals surface area contributed by atoms with Crippen LogP contribution in [0, 0.1) is 0 Å². The number of hydrogen-bond donors (Lipinski definition) is 1. The van der Waals surface area contributed by atoms with Gasteiger partial charge in [-0.25, -0.2) is 0 Å². The predicted octanol–water partition coefficient (Wildman–Crippen LogP) is 3.28. The molecular weight excluding hydrogens is 338 g/mol. The monoisotopic (exact) mass is 361 g/mol. The minimum atomic E-state index is -0.124. The fraction of sp³-hybridized carbons (Fsp3) is 0.300. The molecule has 3 heterocycles. The van der Waals surface area contributed by atoms with Crippen LogP contribution in [0.1, 0.15) is 37.7 Å². The van der Waals surface area contributed by atoms with Crippen LogP contribution in [-0.2, 0) is 18.5 Å². The molecule has 0 amide bonds. The van der Waals surface area contributed by atoms with Crippen LogP contribution in [0.5, 0.6) is 0 Å². The fourth-order valence-corrected chi connectivity index (χ4v) is 2.99. The fourth-order valence-electron chi connectivity index (χ4n) is 2.99. The summed E-state index contributed by atoms with van der Waals surface area (Å²) in [5.41, 5.74) is 3.08. The van der Waals surface area contributed by atoms with E-state index < -0.39 is 0 Å². The molecule has 27 heavy (non-hydrogen) atoms. The molecule has 4 rings (SSSR count). The first-order valence-electron chi connectivity index (χ1n) is 9.02. The molecule has 7 nitrogen and oxygen atoms in total. The Kier molecular flexibility index (Phi) is 4.35. The van der Waals surface area contributed by atoms with Crippen molar-refractivity contribution in [3.05, 3.63) is 71.8 Å². The molecule has 3 aromatic heterocycles. The van der Waals surface area contributed by atoms with Crippen molar-refractivity contribution in [1.29, 1.82) is 0 Å². The molecule has 0 saturated carbocycles. The SMILES string of the molecule is CC(C)(C)c1nnc2ccc(NCc3ccccc3Cn3cccn3)nn12. The highest BCUT2D eigenvalue weighted by Crippen LogP contribution is 2.21. The third-order valence-corrected chi connectivity index (χ3v) is 4.40. The molecule has 0 radical (unpaired) electrons. The first-order chi connectivity index (χ1) is 13.0. The van der Waals surface area contributed by atoms with Gasteiger partial charge >= 0.3 is 0 Å². The Balaban J connectivity index is 1.55. The number of rotatable bonds is 5. The zero-order valence-corrected chi connectivity index (χ0v) is 15.8. The van der Waals surface area contributed by atoms with Crippen molar-refractivity contribution in [1.82, 2.24) is 29.6 Å². The molecule has 1 N–H and O–H groups in total. The van der Waals surface area contributed by atoms with Gasteiger partial charge in [0.2, 0.25) is 0 Å². The van der Waals surface area contributed by atoms with E-state index in [1.54, 1.807) is 6.20 Å². The van der Waals surface area contributed by atoms with E-state index >= 15 is 0 Å². The van der Waals surface area contributed by atoms with E-state index in [-0.39, 0.29) is 5.41 Å². The lowest BCUT2D eigenvalue weighted by Crippen LogP contribution is -2.17. The highest BCUT2D eigenvalue weighted by molar-refractivity contribution is 5.45. The summed E-state index contributed by atoms with van der Waals surface area (Å²) in [7, 11) is 0. The second kappa shape index (κ2) is 6.83. The van der Waals surface area contributed by atoms with E-state index in [1.807, 2.05) is 33.6 Å². The molecule has 0 atom stereocenters. The summed E-state index contributed by atoms with van der Waals surface area (Å²) in [6.45, 7) is 7.75. The summed E-state index contributed by atoms with van der Waals surface area (Å²) in [5, 5.41) is 20.9. The normalized spacial score (nSPS) is 11.8. The molecule has 7 heteroatoms. The Morgan fingerprint density at radius 3 is 2.52 bits per heavy atom. The van der Waals surface area contributed by atoms with Gasteiger partial charge in [0.25, 0.3) is 0 Å². The second-order valence-corrected chi connectivity index (χ2v) is 7.59. The van der Waals surface area contributed by atoms with Gasteiger partial charge in [0, 0.05) is 24.4 Å². The summed E-state index contributed by atoms with van der Waals surface area (Å²) < 4.78 is 3.74. The molecule has 0 fully saturated rings. The number of hydrogen-bond acceptors (Lipinski definition) is 5. The smallest absolute Gasteiger partial charge is 0.178 e. The Labute approximate surface area is 158 Å². The van der Waals surface area contributed by atoms with Crippen molar-refractivity contribution < 1.29 is 0 Å². The minimum absolute atomic E-state index is 0.124. The van der Waals surface area contributed by atoms with Crippen molar-refractivity contribution in [3.63, 3.8) is 0 Å². The zero-order chi connectivity index (χ0) is 18.9. The van der Waals surface area contributed by atoms with Gasteiger partial charge in [-0.05, 0) is 29.3 Å². The number of benzene rings is 1. The number of anilines is 1. The van der Waals surface area contributed by atoms with Crippen molar-refractivity contribution >= 4 is 11.5 Å². The largest absolute Gasteiger partial charge is 0.365 e. The summed E-state index contributed by atoms with van der Waals surface area (Å²) in [5.74, 6) is 1.64. The van der Waals surface area contributed by atoms with Crippen LogP contribution < -0.4 is 5.32 Å². The van der Waals surface area contributed by atoms with Gasteiger partial charge in [-0.1, -0.05) is 45.0 Å². The maximum absolute atomic E-state index is 4.69. The third kappa shape index (κ3) is 3.67. The molecule has 0 aliphatic carbocycles. The Bertz CT molecular complexity index is 1040. The van der Waals surface area contributed by atoms with Crippen LogP contribution in [0.4, 0.5) is 5.82 Å². The number of nitrogens with zero attached hydrogens (tertiary/aromatic N) is 6. The van der Waals surface area contributed by atoms with E-state index in [0.29, 0.717) is 6.54 Å². The molecule has 0 unspecified atom stereocenters. The molecule has 0 spiro atoms. The second-order valence-electron chi connectivity index (χ2n) is 7.59. The van der Waals surface area contributed by atoms with Crippen molar-refractivity contribution in [2.24, 2.45) is 0 Å². The van der Waals surface area contributed by atoms with Gasteiger partial charge in [0.15, 0.2) is 11.5 Å². The number of fused-ring (bicyclic) bond motifs is 1. The molecule has 1 aromatic carbocycles. The maximum atomic E-state index is 4.69. The molecule has 0 aliphatic heterocycles. The lowest BCUT2D eigenvalue weighted by molar-refractivity contribution is 0.527. The van der Waals surface area contributed by atoms with E-state index in [0.717, 1.165) is 23.8 Å². The van der Waals surface area contributed by atoms with Crippen molar-refractivity contribution in [2.75, 3.05) is 5.32 Å². The van der Waals surface area contributed by atoms with E-state index in [2.05, 4.69) is 70.7 Å². The van der Waals surface area contributed by atoms with E-state index in [9.17, 15) is 0 Å². The summed E-state index contributed by atoms with van der Waals surface area (Å²) in [4.78, 5) is 0. The lowest BCUT2D eigenvalue weighted by atomic mass is 9.96. The Hall–Kier alpha value is -3.22. The summed E-state index contributed by atoms with van der Waals surface area (Å²) in [6.07, 6.45) is 3.77. The summed E-state index contributed by atoms with van der Waals surface area (Å²) >= 11 is 0. The lowest BCUT2D eigenvalue weighted by Gasteiger charge is -2.15. The van der Waals surface area contributed by atoms with Crippen molar-refractivity contribution in [3.8, 4) is 0 Å². The number of nitrogens with one attached hydrogen (secondary N) is 1. The molecule has 0 saturated heterocycles. The van der Waals surface area contributed by atoms with Gasteiger partial charge in [0.1, 0.15) is 5.82 Å². The van der Waals surface area contributed by atoms with Crippen LogP contribution in [0.25, 0.3) is 5.65 Å². The van der Waals surface area contributed by atoms with Crippen LogP contribution in [0.2, 0.25) is 0 Å². The summed E-state index contributed by atoms with van der Waals surface area (Å²) in [6, 6.07) is 14.2. The molecule has 0 aliphatic rings. The van der Waals surface area contributed by atoms with Crippen LogP contribution >= 0.6 is 0 Å². The average Bonchev–Trinajstić information content (AvgIpc) is 3.29. The molecule has 0 bridgehead atoms. The number of aromatic nitrogens is 6. The van der Waals surface area contributed by atoms with Gasteiger partial charge < -0.3 is 5.32 Å². The van der Waals surface area contributed by atoms with Gasteiger partial charge in [-0.3, -0.25) is 4.68 Å². The highest BCUT2D eigenvalue weighted by Gasteiger charge is 2.21. The standard InChI is InChI=1S/C20H23N7/c1-20(2,3)19-24-23-18-10-9-17(25-27(18)19)21-13-15-7-4-5-8-16(15)14-26-12-6-11-22-26/h4-12H,13-14H2,1-3H3,(H,21,25). The quantitative estimate of drug-likeness (QED) is 0.590. The van der Waals surface area contributed by atoms with E-state index in [4.69, 9.17) is 0 Å². The van der Waals surface area contributed by atoms with Gasteiger partial charge in [-0.2, -0.15) is 9.61 Å². The average molecular weight is 361 g/mol. The van der Waals surface area contributed by atoms with E-state index in [1.165, 1.54) is 11.1 Å². The van der Waals surface area contributed by atoms with Crippen molar-refractivity contribution in [2.45, 2.75) is 39.3 Å². The molecule has 138 valence electrons. The topological polar surface area (TPSA) is 72.9 Å². The van der Waals surface area contributed by atoms with Crippen LogP contribution in [0.3, 0.4) is 0 Å². The van der Waals surface area contributed by atoms with Crippen LogP contribution in [0.15, 0.2) is 54.9 Å². The van der Waals surface area contributed by atoms with Gasteiger partial charge in [0.05, 0.1) is 6.54 Å². The minimum Gasteiger partial charge on any atom is -0.365 e. The maximum Gasteiger partial charge on any atom is 0.178 e. The third-order valence-electron chi connectivity index (χ3n) is 4.40. The predicted molar refractivity (Wildman–Crippen MR) is 105 cm³/mol. The first kappa shape index (κ1) is 17.2. The molecular formula is C20H23N7. The highest BCUT2D eigenvalue weighted by atomic mass is 15.4.